The zero-order valence-electron chi connectivity index (χ0n) is 14.3. The van der Waals surface area contributed by atoms with E-state index >= 15 is 0 Å². The van der Waals surface area contributed by atoms with Gasteiger partial charge in [0, 0.05) is 25.6 Å². The average Bonchev–Trinajstić information content (AvgIpc) is 3.05. The third-order valence-corrected chi connectivity index (χ3v) is 4.68. The lowest BCUT2D eigenvalue weighted by Gasteiger charge is -2.16. The number of rotatable bonds is 7. The van der Waals surface area contributed by atoms with E-state index in [1.165, 1.54) is 12.1 Å². The van der Waals surface area contributed by atoms with Gasteiger partial charge < -0.3 is 14.9 Å². The zero-order valence-corrected chi connectivity index (χ0v) is 14.3. The van der Waals surface area contributed by atoms with Crippen LogP contribution in [0, 0.1) is 11.7 Å². The molecule has 6 heteroatoms. The van der Waals surface area contributed by atoms with Crippen molar-refractivity contribution < 1.29 is 24.1 Å². The van der Waals surface area contributed by atoms with Crippen LogP contribution < -0.4 is 4.74 Å². The van der Waals surface area contributed by atoms with E-state index in [1.54, 1.807) is 12.1 Å². The van der Waals surface area contributed by atoms with Crippen molar-refractivity contribution in [2.45, 2.75) is 12.5 Å². The number of aliphatic hydroxyl groups is 1. The molecule has 1 heterocycles. The molecule has 26 heavy (non-hydrogen) atoms. The molecule has 0 unspecified atom stereocenters. The Balaban J connectivity index is 1.69. The van der Waals surface area contributed by atoms with Gasteiger partial charge in [0.25, 0.3) is 0 Å². The molecular formula is C20H22FNO4. The van der Waals surface area contributed by atoms with Crippen LogP contribution in [0.1, 0.15) is 17.0 Å². The molecule has 0 aliphatic carbocycles. The second-order valence-electron chi connectivity index (χ2n) is 6.52. The summed E-state index contributed by atoms with van der Waals surface area (Å²) in [5, 5.41) is 18.3. The summed E-state index contributed by atoms with van der Waals surface area (Å²) in [5.41, 5.74) is 1.78. The summed E-state index contributed by atoms with van der Waals surface area (Å²) in [6.07, 6.45) is 0. The molecule has 2 aromatic rings. The minimum atomic E-state index is -0.852. The van der Waals surface area contributed by atoms with Crippen molar-refractivity contribution in [2.75, 3.05) is 26.3 Å². The molecular weight excluding hydrogens is 337 g/mol. The fourth-order valence-corrected chi connectivity index (χ4v) is 3.45. The van der Waals surface area contributed by atoms with Gasteiger partial charge in [0.05, 0.1) is 12.5 Å². The summed E-state index contributed by atoms with van der Waals surface area (Å²) in [6, 6.07) is 13.7. The topological polar surface area (TPSA) is 70.0 Å². The smallest absolute Gasteiger partial charge is 0.308 e. The molecule has 1 fully saturated rings. The molecule has 2 N–H and O–H groups in total. The van der Waals surface area contributed by atoms with E-state index < -0.39 is 11.9 Å². The predicted octanol–water partition coefficient (Wildman–Crippen LogP) is 2.50. The Kier molecular flexibility index (Phi) is 5.85. The highest BCUT2D eigenvalue weighted by Crippen LogP contribution is 2.34. The maximum atomic E-state index is 13.5. The van der Waals surface area contributed by atoms with Crippen molar-refractivity contribution in [3.05, 3.63) is 65.5 Å². The number of nitrogens with zero attached hydrogens (tertiary/aromatic N) is 1. The molecule has 2 aromatic carbocycles. The highest BCUT2D eigenvalue weighted by molar-refractivity contribution is 5.72. The van der Waals surface area contributed by atoms with Gasteiger partial charge in [-0.2, -0.15) is 0 Å². The van der Waals surface area contributed by atoms with Crippen LogP contribution in [0.25, 0.3) is 0 Å². The predicted molar refractivity (Wildman–Crippen MR) is 94.6 cm³/mol. The van der Waals surface area contributed by atoms with Crippen LogP contribution in [0.2, 0.25) is 0 Å². The second-order valence-corrected chi connectivity index (χ2v) is 6.52. The third kappa shape index (κ3) is 4.39. The van der Waals surface area contributed by atoms with E-state index in [9.17, 15) is 14.3 Å². The first-order chi connectivity index (χ1) is 12.6. The normalized spacial score (nSPS) is 20.2. The summed E-state index contributed by atoms with van der Waals surface area (Å²) in [7, 11) is 0. The van der Waals surface area contributed by atoms with Gasteiger partial charge in [0.1, 0.15) is 18.2 Å². The lowest BCUT2D eigenvalue weighted by atomic mass is 9.89. The fraction of sp³-hybridized carbons (Fsp3) is 0.350. The minimum absolute atomic E-state index is 0.0342. The molecule has 1 saturated heterocycles. The number of ether oxygens (including phenoxy) is 1. The summed E-state index contributed by atoms with van der Waals surface area (Å²) < 4.78 is 18.9. The van der Waals surface area contributed by atoms with Crippen LogP contribution >= 0.6 is 0 Å². The summed E-state index contributed by atoms with van der Waals surface area (Å²) in [5.74, 6) is -1.29. The second kappa shape index (κ2) is 8.29. The molecule has 0 bridgehead atoms. The van der Waals surface area contributed by atoms with E-state index in [-0.39, 0.29) is 24.9 Å². The largest absolute Gasteiger partial charge is 0.491 e. The summed E-state index contributed by atoms with van der Waals surface area (Å²) >= 11 is 0. The van der Waals surface area contributed by atoms with Crippen LogP contribution in [0.4, 0.5) is 4.39 Å². The van der Waals surface area contributed by atoms with Gasteiger partial charge in [-0.1, -0.05) is 24.3 Å². The van der Waals surface area contributed by atoms with Crippen molar-refractivity contribution in [2.24, 2.45) is 5.92 Å². The molecule has 0 aromatic heterocycles. The van der Waals surface area contributed by atoms with Crippen LogP contribution in [0.3, 0.4) is 0 Å². The maximum absolute atomic E-state index is 13.5. The van der Waals surface area contributed by atoms with Gasteiger partial charge >= 0.3 is 5.97 Å². The highest BCUT2D eigenvalue weighted by Gasteiger charge is 2.38. The van der Waals surface area contributed by atoms with E-state index in [1.807, 2.05) is 24.3 Å². The van der Waals surface area contributed by atoms with E-state index in [4.69, 9.17) is 9.84 Å². The standard InChI is InChI=1S/C20H22FNO4/c21-16-3-1-2-15(10-16)18-12-22(13-19(18)20(24)25)11-14-4-6-17(7-5-14)26-9-8-23/h1-7,10,18-19,23H,8-9,11-13H2,(H,24,25)/t18-,19+/m0/s1. The van der Waals surface area contributed by atoms with Crippen LogP contribution in [-0.4, -0.2) is 47.4 Å². The van der Waals surface area contributed by atoms with Crippen LogP contribution in [0.5, 0.6) is 5.75 Å². The summed E-state index contributed by atoms with van der Waals surface area (Å²) in [4.78, 5) is 13.7. The van der Waals surface area contributed by atoms with Gasteiger partial charge in [-0.05, 0) is 35.4 Å². The first kappa shape index (κ1) is 18.4. The zero-order chi connectivity index (χ0) is 18.5. The lowest BCUT2D eigenvalue weighted by Crippen LogP contribution is -2.23. The quantitative estimate of drug-likeness (QED) is 0.795. The number of aliphatic hydroxyl groups excluding tert-OH is 1. The van der Waals surface area contributed by atoms with Gasteiger partial charge in [0.15, 0.2) is 0 Å². The van der Waals surface area contributed by atoms with E-state index in [0.29, 0.717) is 25.4 Å². The van der Waals surface area contributed by atoms with Gasteiger partial charge in [0.2, 0.25) is 0 Å². The Bertz CT molecular complexity index is 750. The Morgan fingerprint density at radius 2 is 1.96 bits per heavy atom. The van der Waals surface area contributed by atoms with Crippen molar-refractivity contribution >= 4 is 5.97 Å². The number of carboxylic acids is 1. The minimum Gasteiger partial charge on any atom is -0.491 e. The molecule has 0 amide bonds. The van der Waals surface area contributed by atoms with Crippen molar-refractivity contribution in [3.8, 4) is 5.75 Å². The molecule has 5 nitrogen and oxygen atoms in total. The number of carbonyl (C=O) groups is 1. The van der Waals surface area contributed by atoms with Gasteiger partial charge in [-0.25, -0.2) is 4.39 Å². The Morgan fingerprint density at radius 3 is 2.62 bits per heavy atom. The number of halogens is 1. The molecule has 1 aliphatic rings. The monoisotopic (exact) mass is 359 g/mol. The molecule has 0 radical (unpaired) electrons. The van der Waals surface area contributed by atoms with Crippen LogP contribution in [-0.2, 0) is 11.3 Å². The van der Waals surface area contributed by atoms with Gasteiger partial charge in [-0.15, -0.1) is 0 Å². The molecule has 2 atom stereocenters. The molecule has 3 rings (SSSR count). The average molecular weight is 359 g/mol. The Labute approximate surface area is 151 Å². The lowest BCUT2D eigenvalue weighted by molar-refractivity contribution is -0.141. The van der Waals surface area contributed by atoms with Crippen LogP contribution in [0.15, 0.2) is 48.5 Å². The van der Waals surface area contributed by atoms with E-state index in [0.717, 1.165) is 11.1 Å². The number of hydrogen-bond acceptors (Lipinski definition) is 4. The molecule has 1 aliphatic heterocycles. The number of benzene rings is 2. The molecule has 0 spiro atoms. The van der Waals surface area contributed by atoms with Crippen molar-refractivity contribution in [1.82, 2.24) is 4.90 Å². The van der Waals surface area contributed by atoms with Gasteiger partial charge in [-0.3, -0.25) is 9.69 Å². The first-order valence-electron chi connectivity index (χ1n) is 8.60. The number of carboxylic acid groups (broad SMARTS) is 1. The van der Waals surface area contributed by atoms with Crippen molar-refractivity contribution in [1.29, 1.82) is 0 Å². The molecule has 0 saturated carbocycles. The number of likely N-dealkylation sites (tertiary alicyclic amines) is 1. The van der Waals surface area contributed by atoms with E-state index in [2.05, 4.69) is 4.90 Å². The fourth-order valence-electron chi connectivity index (χ4n) is 3.45. The Hall–Kier alpha value is -2.44. The van der Waals surface area contributed by atoms with Crippen molar-refractivity contribution in [3.63, 3.8) is 0 Å². The maximum Gasteiger partial charge on any atom is 0.308 e. The summed E-state index contributed by atoms with van der Waals surface area (Å²) in [6.45, 7) is 1.84. The highest BCUT2D eigenvalue weighted by atomic mass is 19.1. The SMILES string of the molecule is O=C(O)[C@@H]1CN(Cc2ccc(OCCO)cc2)C[C@H]1c1cccc(F)c1. The number of hydrogen-bond donors (Lipinski definition) is 2. The number of aliphatic carboxylic acids is 1. The third-order valence-electron chi connectivity index (χ3n) is 4.68. The molecule has 138 valence electrons. The first-order valence-corrected chi connectivity index (χ1v) is 8.60. The Morgan fingerprint density at radius 1 is 1.19 bits per heavy atom.